The van der Waals surface area contributed by atoms with Gasteiger partial charge >= 0.3 is 0 Å². The molecule has 1 rings (SSSR count). The summed E-state index contributed by atoms with van der Waals surface area (Å²) in [6, 6.07) is 4.28. The van der Waals surface area contributed by atoms with Crippen molar-refractivity contribution in [2.24, 2.45) is 0 Å². The quantitative estimate of drug-likeness (QED) is 0.594. The lowest BCUT2D eigenvalue weighted by atomic mass is 10.1. The summed E-state index contributed by atoms with van der Waals surface area (Å²) in [5, 5.41) is 2.96. The highest BCUT2D eigenvalue weighted by Crippen LogP contribution is 2.18. The molecule has 0 amide bonds. The predicted molar refractivity (Wildman–Crippen MR) is 60.4 cm³/mol. The molecule has 0 bridgehead atoms. The van der Waals surface area contributed by atoms with Gasteiger partial charge < -0.3 is 10.1 Å². The van der Waals surface area contributed by atoms with Gasteiger partial charge in [-0.3, -0.25) is 4.79 Å². The summed E-state index contributed by atoms with van der Waals surface area (Å²) >= 11 is 0. The summed E-state index contributed by atoms with van der Waals surface area (Å²) < 4.78 is 18.1. The van der Waals surface area contributed by atoms with Crippen molar-refractivity contribution in [1.29, 1.82) is 0 Å². The molecule has 0 aliphatic rings. The number of hydrogen-bond acceptors (Lipinski definition) is 3. The third-order valence-corrected chi connectivity index (χ3v) is 2.30. The average molecular weight is 225 g/mol. The molecule has 0 heterocycles. The van der Waals surface area contributed by atoms with Crippen molar-refractivity contribution in [3.05, 3.63) is 29.6 Å². The molecule has 0 spiro atoms. The van der Waals surface area contributed by atoms with E-state index in [4.69, 9.17) is 4.74 Å². The lowest BCUT2D eigenvalue weighted by Crippen LogP contribution is -2.10. The van der Waals surface area contributed by atoms with Crippen LogP contribution in [0.5, 0.6) is 5.75 Å². The molecule has 0 atom stereocenters. The molecule has 0 aliphatic carbocycles. The molecule has 1 aromatic carbocycles. The van der Waals surface area contributed by atoms with Gasteiger partial charge in [-0.2, -0.15) is 0 Å². The molecule has 88 valence electrons. The summed E-state index contributed by atoms with van der Waals surface area (Å²) in [7, 11) is 3.23. The first-order chi connectivity index (χ1) is 7.69. The fourth-order valence-electron chi connectivity index (χ4n) is 1.41. The largest absolute Gasteiger partial charge is 0.494 e. The second kappa shape index (κ2) is 6.23. The maximum absolute atomic E-state index is 13.3. The summed E-state index contributed by atoms with van der Waals surface area (Å²) in [6.45, 7) is 0.782. The van der Waals surface area contributed by atoms with Crippen LogP contribution in [-0.2, 0) is 0 Å². The number of methoxy groups -OCH3 is 1. The fraction of sp³-hybridized carbons (Fsp3) is 0.417. The Balaban J connectivity index is 2.66. The standard InChI is InChI=1S/C12H16FNO2/c1-14-7-3-4-11(15)9-5-6-12(16-2)10(13)8-9/h5-6,8,14H,3-4,7H2,1-2H3. The average Bonchev–Trinajstić information content (AvgIpc) is 2.29. The molecule has 0 unspecified atom stereocenters. The van der Waals surface area contributed by atoms with Gasteiger partial charge in [0.1, 0.15) is 0 Å². The van der Waals surface area contributed by atoms with Gasteiger partial charge in [0.15, 0.2) is 17.3 Å². The first-order valence-corrected chi connectivity index (χ1v) is 5.20. The number of carbonyl (C=O) groups is 1. The number of halogens is 1. The van der Waals surface area contributed by atoms with Gasteiger partial charge in [0, 0.05) is 12.0 Å². The maximum Gasteiger partial charge on any atom is 0.165 e. The molecule has 3 nitrogen and oxygen atoms in total. The van der Waals surface area contributed by atoms with Crippen molar-refractivity contribution >= 4 is 5.78 Å². The van der Waals surface area contributed by atoms with Crippen molar-refractivity contribution in [2.45, 2.75) is 12.8 Å². The Bertz CT molecular complexity index is 366. The van der Waals surface area contributed by atoms with Crippen LogP contribution in [0.2, 0.25) is 0 Å². The van der Waals surface area contributed by atoms with Crippen LogP contribution in [0, 0.1) is 5.82 Å². The number of rotatable bonds is 6. The minimum absolute atomic E-state index is 0.0446. The summed E-state index contributed by atoms with van der Waals surface area (Å²) in [5.74, 6) is -0.384. The molecule has 0 saturated heterocycles. The highest BCUT2D eigenvalue weighted by Gasteiger charge is 2.09. The minimum Gasteiger partial charge on any atom is -0.494 e. The van der Waals surface area contributed by atoms with Gasteiger partial charge in [-0.15, -0.1) is 0 Å². The Hall–Kier alpha value is -1.42. The first-order valence-electron chi connectivity index (χ1n) is 5.20. The van der Waals surface area contributed by atoms with Gasteiger partial charge in [-0.05, 0) is 38.2 Å². The van der Waals surface area contributed by atoms with E-state index in [-0.39, 0.29) is 11.5 Å². The Labute approximate surface area is 94.6 Å². The van der Waals surface area contributed by atoms with E-state index in [0.29, 0.717) is 12.0 Å². The zero-order chi connectivity index (χ0) is 12.0. The van der Waals surface area contributed by atoms with E-state index in [1.54, 1.807) is 6.07 Å². The van der Waals surface area contributed by atoms with Crippen molar-refractivity contribution in [3.8, 4) is 5.75 Å². The van der Waals surface area contributed by atoms with Crippen LogP contribution in [-0.4, -0.2) is 26.5 Å². The molecule has 4 heteroatoms. The van der Waals surface area contributed by atoms with E-state index in [2.05, 4.69) is 5.32 Å². The van der Waals surface area contributed by atoms with E-state index in [9.17, 15) is 9.18 Å². The van der Waals surface area contributed by atoms with Crippen LogP contribution in [0.1, 0.15) is 23.2 Å². The topological polar surface area (TPSA) is 38.3 Å². The highest BCUT2D eigenvalue weighted by molar-refractivity contribution is 5.96. The van der Waals surface area contributed by atoms with Gasteiger partial charge in [0.2, 0.25) is 0 Å². The summed E-state index contributed by atoms with van der Waals surface area (Å²) in [4.78, 5) is 11.6. The second-order valence-electron chi connectivity index (χ2n) is 3.48. The fourth-order valence-corrected chi connectivity index (χ4v) is 1.41. The third kappa shape index (κ3) is 3.31. The number of Topliss-reactive ketones (excluding diaryl/α,β-unsaturated/α-hetero) is 1. The zero-order valence-corrected chi connectivity index (χ0v) is 9.55. The van der Waals surface area contributed by atoms with Gasteiger partial charge in [-0.25, -0.2) is 4.39 Å². The number of carbonyl (C=O) groups excluding carboxylic acids is 1. The number of ether oxygens (including phenoxy) is 1. The molecule has 1 N–H and O–H groups in total. The van der Waals surface area contributed by atoms with E-state index >= 15 is 0 Å². The van der Waals surface area contributed by atoms with E-state index in [0.717, 1.165) is 13.0 Å². The monoisotopic (exact) mass is 225 g/mol. The lowest BCUT2D eigenvalue weighted by molar-refractivity contribution is 0.0979. The van der Waals surface area contributed by atoms with Crippen molar-refractivity contribution in [3.63, 3.8) is 0 Å². The molecule has 16 heavy (non-hydrogen) atoms. The highest BCUT2D eigenvalue weighted by atomic mass is 19.1. The van der Waals surface area contributed by atoms with Crippen LogP contribution in [0.15, 0.2) is 18.2 Å². The van der Waals surface area contributed by atoms with Gasteiger partial charge in [0.25, 0.3) is 0 Å². The van der Waals surface area contributed by atoms with Gasteiger partial charge in [-0.1, -0.05) is 0 Å². The third-order valence-electron chi connectivity index (χ3n) is 2.30. The number of ketones is 1. The van der Waals surface area contributed by atoms with Crippen LogP contribution < -0.4 is 10.1 Å². The van der Waals surface area contributed by atoms with E-state index in [1.807, 2.05) is 7.05 Å². The minimum atomic E-state index is -0.498. The molecule has 0 fully saturated rings. The van der Waals surface area contributed by atoms with Crippen molar-refractivity contribution < 1.29 is 13.9 Å². The molecule has 0 aromatic heterocycles. The van der Waals surface area contributed by atoms with Crippen molar-refractivity contribution in [2.75, 3.05) is 20.7 Å². The first kappa shape index (κ1) is 12.6. The molecular formula is C12H16FNO2. The zero-order valence-electron chi connectivity index (χ0n) is 9.55. The summed E-state index contributed by atoms with van der Waals surface area (Å²) in [5.41, 5.74) is 0.398. The number of benzene rings is 1. The predicted octanol–water partition coefficient (Wildman–Crippen LogP) is 2.02. The Morgan fingerprint density at radius 2 is 2.25 bits per heavy atom. The van der Waals surface area contributed by atoms with Crippen LogP contribution in [0.4, 0.5) is 4.39 Å². The SMILES string of the molecule is CNCCCC(=O)c1ccc(OC)c(F)c1. The Morgan fingerprint density at radius 1 is 1.50 bits per heavy atom. The summed E-state index contributed by atoms with van der Waals surface area (Å²) in [6.07, 6.45) is 1.18. The molecule has 0 radical (unpaired) electrons. The van der Waals surface area contributed by atoms with Crippen LogP contribution in [0.25, 0.3) is 0 Å². The second-order valence-corrected chi connectivity index (χ2v) is 3.48. The Morgan fingerprint density at radius 3 is 2.81 bits per heavy atom. The van der Waals surface area contributed by atoms with E-state index < -0.39 is 5.82 Å². The van der Waals surface area contributed by atoms with Crippen LogP contribution in [0.3, 0.4) is 0 Å². The number of nitrogens with one attached hydrogen (secondary N) is 1. The molecule has 0 saturated carbocycles. The normalized spacial score (nSPS) is 10.2. The Kier molecular flexibility index (Phi) is 4.92. The maximum atomic E-state index is 13.3. The lowest BCUT2D eigenvalue weighted by Gasteiger charge is -2.04. The molecule has 0 aliphatic heterocycles. The molecular weight excluding hydrogens is 209 g/mol. The van der Waals surface area contributed by atoms with Crippen molar-refractivity contribution in [1.82, 2.24) is 5.32 Å². The van der Waals surface area contributed by atoms with E-state index in [1.165, 1.54) is 19.2 Å². The smallest absolute Gasteiger partial charge is 0.165 e. The van der Waals surface area contributed by atoms with Crippen LogP contribution >= 0.6 is 0 Å². The van der Waals surface area contributed by atoms with Gasteiger partial charge in [0.05, 0.1) is 7.11 Å². The number of hydrogen-bond donors (Lipinski definition) is 1. The molecule has 1 aromatic rings.